The van der Waals surface area contributed by atoms with Crippen molar-refractivity contribution in [2.75, 3.05) is 17.2 Å². The minimum absolute atomic E-state index is 0.147. The van der Waals surface area contributed by atoms with Crippen molar-refractivity contribution in [3.05, 3.63) is 69.4 Å². The van der Waals surface area contributed by atoms with Gasteiger partial charge >= 0.3 is 5.97 Å². The first-order valence-electron chi connectivity index (χ1n) is 7.79. The average Bonchev–Trinajstić information content (AvgIpc) is 3.35. The number of nitrogens with one attached hydrogen (secondary N) is 2. The van der Waals surface area contributed by atoms with Gasteiger partial charge in [0, 0.05) is 5.02 Å². The monoisotopic (exact) mass is 438 g/mol. The molecule has 3 aromatic rings. The van der Waals surface area contributed by atoms with Gasteiger partial charge in [-0.2, -0.15) is 0 Å². The van der Waals surface area contributed by atoms with E-state index in [1.54, 1.807) is 18.2 Å². The number of furan rings is 1. The molecule has 0 fully saturated rings. The first-order valence-corrected chi connectivity index (χ1v) is 9.36. The second-order valence-electron chi connectivity index (χ2n) is 5.34. The van der Waals surface area contributed by atoms with E-state index in [2.05, 4.69) is 10.6 Å². The van der Waals surface area contributed by atoms with E-state index in [1.807, 2.05) is 0 Å². The zero-order valence-electron chi connectivity index (χ0n) is 14.0. The van der Waals surface area contributed by atoms with E-state index in [9.17, 15) is 14.4 Å². The molecule has 7 nitrogen and oxygen atoms in total. The molecule has 0 saturated heterocycles. The highest BCUT2D eigenvalue weighted by Crippen LogP contribution is 2.26. The van der Waals surface area contributed by atoms with Gasteiger partial charge in [-0.15, -0.1) is 11.3 Å². The third-order valence-electron chi connectivity index (χ3n) is 3.33. The van der Waals surface area contributed by atoms with Crippen LogP contribution < -0.4 is 10.6 Å². The lowest BCUT2D eigenvalue weighted by atomic mass is 10.3. The van der Waals surface area contributed by atoms with Gasteiger partial charge in [0.15, 0.2) is 12.4 Å². The van der Waals surface area contributed by atoms with Crippen LogP contribution in [0.15, 0.2) is 53.1 Å². The second kappa shape index (κ2) is 8.92. The van der Waals surface area contributed by atoms with Crippen LogP contribution in [0, 0.1) is 0 Å². The van der Waals surface area contributed by atoms with Crippen LogP contribution in [-0.2, 0) is 9.53 Å². The molecule has 2 heterocycles. The Morgan fingerprint density at radius 1 is 1.07 bits per heavy atom. The minimum Gasteiger partial charge on any atom is -0.459 e. The summed E-state index contributed by atoms with van der Waals surface area (Å²) in [6.45, 7) is -0.506. The fourth-order valence-corrected chi connectivity index (χ4v) is 3.21. The minimum atomic E-state index is -0.698. The summed E-state index contributed by atoms with van der Waals surface area (Å²) in [4.78, 5) is 36.2. The molecule has 0 radical (unpaired) electrons. The summed E-state index contributed by atoms with van der Waals surface area (Å²) in [5.74, 6) is -1.56. The molecular weight excluding hydrogens is 427 g/mol. The smallest absolute Gasteiger partial charge is 0.348 e. The van der Waals surface area contributed by atoms with Crippen molar-refractivity contribution in [2.24, 2.45) is 0 Å². The summed E-state index contributed by atoms with van der Waals surface area (Å²) in [7, 11) is 0. The van der Waals surface area contributed by atoms with Crippen LogP contribution in [0.25, 0.3) is 0 Å². The Labute approximate surface area is 173 Å². The zero-order valence-corrected chi connectivity index (χ0v) is 16.4. The van der Waals surface area contributed by atoms with Gasteiger partial charge in [-0.1, -0.05) is 23.2 Å². The number of rotatable bonds is 6. The number of benzene rings is 1. The van der Waals surface area contributed by atoms with Gasteiger partial charge in [0.2, 0.25) is 0 Å². The van der Waals surface area contributed by atoms with Crippen molar-refractivity contribution in [1.82, 2.24) is 0 Å². The quantitative estimate of drug-likeness (QED) is 0.543. The van der Waals surface area contributed by atoms with Crippen molar-refractivity contribution < 1.29 is 23.5 Å². The number of esters is 1. The number of carbonyl (C=O) groups excluding carboxylic acids is 3. The van der Waals surface area contributed by atoms with Crippen molar-refractivity contribution in [3.8, 4) is 0 Å². The number of ether oxygens (including phenoxy) is 1. The van der Waals surface area contributed by atoms with E-state index < -0.39 is 24.4 Å². The molecule has 28 heavy (non-hydrogen) atoms. The Kier molecular flexibility index (Phi) is 6.35. The first kappa shape index (κ1) is 19.9. The van der Waals surface area contributed by atoms with E-state index in [0.29, 0.717) is 20.7 Å². The number of amides is 2. The van der Waals surface area contributed by atoms with Gasteiger partial charge in [-0.25, -0.2) is 4.79 Å². The molecule has 1 aromatic carbocycles. The van der Waals surface area contributed by atoms with E-state index in [4.69, 9.17) is 32.4 Å². The summed E-state index contributed by atoms with van der Waals surface area (Å²) in [6, 6.07) is 10.7. The Hall–Kier alpha value is -2.81. The van der Waals surface area contributed by atoms with Crippen LogP contribution in [0.3, 0.4) is 0 Å². The molecule has 0 unspecified atom stereocenters. The van der Waals surface area contributed by atoms with E-state index in [1.165, 1.54) is 30.5 Å². The number of hydrogen-bond acceptors (Lipinski definition) is 6. The molecule has 0 aliphatic rings. The predicted molar refractivity (Wildman–Crippen MR) is 106 cm³/mol. The maximum absolute atomic E-state index is 12.1. The lowest BCUT2D eigenvalue weighted by Gasteiger charge is -2.08. The Balaban J connectivity index is 1.52. The molecule has 0 aliphatic carbocycles. The molecule has 0 saturated carbocycles. The highest BCUT2D eigenvalue weighted by atomic mass is 35.5. The molecule has 3 rings (SSSR count). The molecule has 2 amide bonds. The molecule has 2 N–H and O–H groups in total. The Morgan fingerprint density at radius 2 is 1.89 bits per heavy atom. The SMILES string of the molecule is O=C(COC(=O)c1ccc(NC(=O)c2ccco2)s1)Nc1cc(Cl)ccc1Cl. The summed E-state index contributed by atoms with van der Waals surface area (Å²) in [5.41, 5.74) is 0.314. The highest BCUT2D eigenvalue weighted by Gasteiger charge is 2.16. The van der Waals surface area contributed by atoms with Crippen molar-refractivity contribution in [2.45, 2.75) is 0 Å². The van der Waals surface area contributed by atoms with Crippen molar-refractivity contribution >= 4 is 63.0 Å². The molecular formula is C18H12Cl2N2O5S. The van der Waals surface area contributed by atoms with Crippen molar-refractivity contribution in [3.63, 3.8) is 0 Å². The fourth-order valence-electron chi connectivity index (χ4n) is 2.08. The maximum Gasteiger partial charge on any atom is 0.348 e. The summed E-state index contributed by atoms with van der Waals surface area (Å²) >= 11 is 12.8. The van der Waals surface area contributed by atoms with Crippen LogP contribution in [0.4, 0.5) is 10.7 Å². The number of anilines is 2. The standard InChI is InChI=1S/C18H12Cl2N2O5S/c19-10-3-4-11(20)12(8-10)21-15(23)9-27-18(25)14-5-6-16(28-14)22-17(24)13-2-1-7-26-13/h1-8H,9H2,(H,21,23)(H,22,24). The normalized spacial score (nSPS) is 10.4. The Morgan fingerprint density at radius 3 is 2.64 bits per heavy atom. The van der Waals surface area contributed by atoms with Gasteiger partial charge in [0.1, 0.15) is 4.88 Å². The molecule has 0 spiro atoms. The predicted octanol–water partition coefficient (Wildman–Crippen LogP) is 4.70. The van der Waals surface area contributed by atoms with Crippen LogP contribution >= 0.6 is 34.5 Å². The molecule has 0 aliphatic heterocycles. The number of halogens is 2. The van der Waals surface area contributed by atoms with E-state index in [-0.39, 0.29) is 10.6 Å². The summed E-state index contributed by atoms with van der Waals surface area (Å²) < 4.78 is 9.96. The third-order valence-corrected chi connectivity index (χ3v) is 4.87. The number of hydrogen-bond donors (Lipinski definition) is 2. The Bertz CT molecular complexity index is 1020. The lowest BCUT2D eigenvalue weighted by molar-refractivity contribution is -0.119. The number of carbonyl (C=O) groups is 3. The van der Waals surface area contributed by atoms with E-state index >= 15 is 0 Å². The molecule has 144 valence electrons. The van der Waals surface area contributed by atoms with Gasteiger partial charge in [-0.3, -0.25) is 9.59 Å². The van der Waals surface area contributed by atoms with Gasteiger partial charge in [0.25, 0.3) is 11.8 Å². The van der Waals surface area contributed by atoms with Gasteiger partial charge < -0.3 is 19.8 Å². The topological polar surface area (TPSA) is 97.6 Å². The van der Waals surface area contributed by atoms with Gasteiger partial charge in [0.05, 0.1) is 22.0 Å². The van der Waals surface area contributed by atoms with Crippen LogP contribution in [-0.4, -0.2) is 24.4 Å². The first-order chi connectivity index (χ1) is 13.4. The summed E-state index contributed by atoms with van der Waals surface area (Å²) in [5, 5.41) is 6.25. The van der Waals surface area contributed by atoms with Gasteiger partial charge in [-0.05, 0) is 42.5 Å². The summed E-state index contributed by atoms with van der Waals surface area (Å²) in [6.07, 6.45) is 1.38. The van der Waals surface area contributed by atoms with E-state index in [0.717, 1.165) is 11.3 Å². The molecule has 0 bridgehead atoms. The van der Waals surface area contributed by atoms with Crippen molar-refractivity contribution in [1.29, 1.82) is 0 Å². The lowest BCUT2D eigenvalue weighted by Crippen LogP contribution is -2.20. The molecule has 2 aromatic heterocycles. The highest BCUT2D eigenvalue weighted by molar-refractivity contribution is 7.18. The molecule has 10 heteroatoms. The number of thiophene rings is 1. The second-order valence-corrected chi connectivity index (χ2v) is 7.27. The largest absolute Gasteiger partial charge is 0.459 e. The third kappa shape index (κ3) is 5.13. The molecule has 0 atom stereocenters. The van der Waals surface area contributed by atoms with Crippen LogP contribution in [0.1, 0.15) is 20.2 Å². The van der Waals surface area contributed by atoms with Crippen LogP contribution in [0.2, 0.25) is 10.0 Å². The maximum atomic E-state index is 12.1. The van der Waals surface area contributed by atoms with Crippen LogP contribution in [0.5, 0.6) is 0 Å². The zero-order chi connectivity index (χ0) is 20.1. The fraction of sp³-hybridized carbons (Fsp3) is 0.0556. The average molecular weight is 439 g/mol.